The van der Waals surface area contributed by atoms with Gasteiger partial charge in [-0.15, -0.1) is 0 Å². The molecular formula is C20H18ClN3O3. The maximum absolute atomic E-state index is 12.7. The Hall–Kier alpha value is -3.12. The van der Waals surface area contributed by atoms with Crippen LogP contribution in [0.5, 0.6) is 0 Å². The van der Waals surface area contributed by atoms with Crippen molar-refractivity contribution in [3.8, 4) is 0 Å². The molecule has 6 nitrogen and oxygen atoms in total. The molecule has 0 spiro atoms. The number of nitrogens with zero attached hydrogens (tertiary/aromatic N) is 1. The van der Waals surface area contributed by atoms with Crippen LogP contribution in [-0.4, -0.2) is 16.4 Å². The van der Waals surface area contributed by atoms with Crippen LogP contribution in [0.15, 0.2) is 59.5 Å². The Morgan fingerprint density at radius 3 is 2.56 bits per heavy atom. The molecule has 7 heteroatoms. The third kappa shape index (κ3) is 3.85. The fraction of sp³-hybridized carbons (Fsp3) is 0.150. The predicted molar refractivity (Wildman–Crippen MR) is 106 cm³/mol. The molecule has 0 aliphatic rings. The van der Waals surface area contributed by atoms with Crippen LogP contribution in [0.3, 0.4) is 0 Å². The van der Waals surface area contributed by atoms with Gasteiger partial charge in [-0.1, -0.05) is 35.9 Å². The number of pyridine rings is 1. The third-order valence-corrected chi connectivity index (χ3v) is 4.75. The van der Waals surface area contributed by atoms with Crippen molar-refractivity contribution in [1.29, 1.82) is 0 Å². The maximum atomic E-state index is 12.7. The number of rotatable bonds is 5. The molecule has 3 aromatic rings. The molecule has 0 fully saturated rings. The molecule has 0 aliphatic carbocycles. The lowest BCUT2D eigenvalue weighted by Crippen LogP contribution is -2.31. The minimum absolute atomic E-state index is 0.117. The van der Waals surface area contributed by atoms with Gasteiger partial charge in [0.05, 0.1) is 6.42 Å². The average molecular weight is 384 g/mol. The van der Waals surface area contributed by atoms with Crippen molar-refractivity contribution >= 4 is 39.9 Å². The molecular weight excluding hydrogens is 366 g/mol. The van der Waals surface area contributed by atoms with E-state index in [0.717, 1.165) is 5.56 Å². The number of primary amides is 1. The summed E-state index contributed by atoms with van der Waals surface area (Å²) in [6, 6.07) is 13.1. The summed E-state index contributed by atoms with van der Waals surface area (Å²) in [5, 5.41) is 4.32. The molecule has 1 heterocycles. The van der Waals surface area contributed by atoms with Gasteiger partial charge in [0, 0.05) is 27.7 Å². The maximum Gasteiger partial charge on any atom is 0.259 e. The van der Waals surface area contributed by atoms with E-state index in [2.05, 4.69) is 5.32 Å². The standard InChI is InChI=1S/C20H18ClN3O3/c1-12(19(22)26)24-10-9-14-15(20(24)27)6-4-8-17(14)23-18(25)11-13-5-2-3-7-16(13)21/h2-10,12H,11H2,1H3,(H2,22,26)(H,23,25). The molecule has 1 atom stereocenters. The van der Waals surface area contributed by atoms with Gasteiger partial charge in [0.15, 0.2) is 0 Å². The molecule has 0 saturated carbocycles. The second-order valence-electron chi connectivity index (χ2n) is 6.19. The van der Waals surface area contributed by atoms with Gasteiger partial charge in [0.2, 0.25) is 11.8 Å². The van der Waals surface area contributed by atoms with Crippen molar-refractivity contribution in [2.75, 3.05) is 5.32 Å². The van der Waals surface area contributed by atoms with Gasteiger partial charge in [-0.25, -0.2) is 0 Å². The number of amides is 2. The highest BCUT2D eigenvalue weighted by atomic mass is 35.5. The molecule has 3 rings (SSSR count). The minimum Gasteiger partial charge on any atom is -0.368 e. The Balaban J connectivity index is 1.93. The Labute approximate surface area is 160 Å². The number of anilines is 1. The second-order valence-corrected chi connectivity index (χ2v) is 6.60. The number of halogens is 1. The van der Waals surface area contributed by atoms with E-state index in [-0.39, 0.29) is 17.9 Å². The van der Waals surface area contributed by atoms with Gasteiger partial charge in [0.1, 0.15) is 6.04 Å². The molecule has 2 aromatic carbocycles. The summed E-state index contributed by atoms with van der Waals surface area (Å²) >= 11 is 6.10. The van der Waals surface area contributed by atoms with Gasteiger partial charge in [-0.05, 0) is 36.8 Å². The number of carbonyl (C=O) groups excluding carboxylic acids is 2. The summed E-state index contributed by atoms with van der Waals surface area (Å²) in [5.74, 6) is -0.842. The highest BCUT2D eigenvalue weighted by Crippen LogP contribution is 2.22. The summed E-state index contributed by atoms with van der Waals surface area (Å²) in [6.07, 6.45) is 1.62. The molecule has 0 saturated heterocycles. The quantitative estimate of drug-likeness (QED) is 0.709. The molecule has 0 radical (unpaired) electrons. The summed E-state index contributed by atoms with van der Waals surface area (Å²) in [7, 11) is 0. The van der Waals surface area contributed by atoms with Gasteiger partial charge in [-0.2, -0.15) is 0 Å². The van der Waals surface area contributed by atoms with E-state index in [1.54, 1.807) is 49.4 Å². The molecule has 1 unspecified atom stereocenters. The van der Waals surface area contributed by atoms with Crippen LogP contribution in [0.4, 0.5) is 5.69 Å². The topological polar surface area (TPSA) is 94.2 Å². The first kappa shape index (κ1) is 18.7. The zero-order chi connectivity index (χ0) is 19.6. The van der Waals surface area contributed by atoms with E-state index >= 15 is 0 Å². The van der Waals surface area contributed by atoms with Crippen molar-refractivity contribution in [3.05, 3.63) is 75.7 Å². The third-order valence-electron chi connectivity index (χ3n) is 4.38. The highest BCUT2D eigenvalue weighted by molar-refractivity contribution is 6.31. The van der Waals surface area contributed by atoms with Gasteiger partial charge in [-0.3, -0.25) is 14.4 Å². The van der Waals surface area contributed by atoms with E-state index < -0.39 is 11.9 Å². The Morgan fingerprint density at radius 1 is 1.11 bits per heavy atom. The van der Waals surface area contributed by atoms with Crippen LogP contribution < -0.4 is 16.6 Å². The zero-order valence-electron chi connectivity index (χ0n) is 14.6. The van der Waals surface area contributed by atoms with Crippen LogP contribution >= 0.6 is 11.6 Å². The highest BCUT2D eigenvalue weighted by Gasteiger charge is 2.15. The van der Waals surface area contributed by atoms with Gasteiger partial charge >= 0.3 is 0 Å². The number of nitrogens with one attached hydrogen (secondary N) is 1. The summed E-state index contributed by atoms with van der Waals surface area (Å²) in [4.78, 5) is 36.5. The Kier molecular flexibility index (Phi) is 5.28. The van der Waals surface area contributed by atoms with Gasteiger partial charge in [0.25, 0.3) is 5.56 Å². The van der Waals surface area contributed by atoms with Crippen molar-refractivity contribution in [3.63, 3.8) is 0 Å². The van der Waals surface area contributed by atoms with E-state index in [1.165, 1.54) is 10.8 Å². The van der Waals surface area contributed by atoms with Crippen LogP contribution in [0.2, 0.25) is 5.02 Å². The summed E-state index contributed by atoms with van der Waals surface area (Å²) in [6.45, 7) is 1.56. The number of hydrogen-bond acceptors (Lipinski definition) is 3. The summed E-state index contributed by atoms with van der Waals surface area (Å²) < 4.78 is 1.28. The van der Waals surface area contributed by atoms with Gasteiger partial charge < -0.3 is 15.6 Å². The van der Waals surface area contributed by atoms with Crippen LogP contribution in [0, 0.1) is 0 Å². The number of hydrogen-bond donors (Lipinski definition) is 2. The number of aromatic nitrogens is 1. The van der Waals surface area contributed by atoms with E-state index in [9.17, 15) is 14.4 Å². The monoisotopic (exact) mass is 383 g/mol. The van der Waals surface area contributed by atoms with Crippen LogP contribution in [0.25, 0.3) is 10.8 Å². The van der Waals surface area contributed by atoms with E-state index in [4.69, 9.17) is 17.3 Å². The zero-order valence-corrected chi connectivity index (χ0v) is 15.4. The van der Waals surface area contributed by atoms with Crippen molar-refractivity contribution in [2.24, 2.45) is 5.73 Å². The first-order valence-electron chi connectivity index (χ1n) is 8.35. The Morgan fingerprint density at radius 2 is 1.85 bits per heavy atom. The summed E-state index contributed by atoms with van der Waals surface area (Å²) in [5.41, 5.74) is 6.18. The first-order valence-corrected chi connectivity index (χ1v) is 8.72. The molecule has 27 heavy (non-hydrogen) atoms. The molecule has 2 amide bonds. The first-order chi connectivity index (χ1) is 12.9. The predicted octanol–water partition coefficient (Wildman–Crippen LogP) is 2.88. The largest absolute Gasteiger partial charge is 0.368 e. The average Bonchev–Trinajstić information content (AvgIpc) is 2.64. The lowest BCUT2D eigenvalue weighted by molar-refractivity contribution is -0.120. The van der Waals surface area contributed by atoms with E-state index in [1.807, 2.05) is 6.07 Å². The number of carbonyl (C=O) groups is 2. The minimum atomic E-state index is -0.764. The molecule has 0 bridgehead atoms. The molecule has 1 aromatic heterocycles. The fourth-order valence-corrected chi connectivity index (χ4v) is 3.06. The number of nitrogens with two attached hydrogens (primary N) is 1. The molecule has 0 aliphatic heterocycles. The molecule has 3 N–H and O–H groups in total. The number of fused-ring (bicyclic) bond motifs is 1. The lowest BCUT2D eigenvalue weighted by atomic mass is 10.1. The fourth-order valence-electron chi connectivity index (χ4n) is 2.85. The second kappa shape index (κ2) is 7.63. The SMILES string of the molecule is CC(C(N)=O)n1ccc2c(NC(=O)Cc3ccccc3Cl)cccc2c1=O. The van der Waals surface area contributed by atoms with Crippen molar-refractivity contribution in [1.82, 2.24) is 4.57 Å². The van der Waals surface area contributed by atoms with E-state index in [0.29, 0.717) is 21.5 Å². The Bertz CT molecular complexity index is 1090. The van der Waals surface area contributed by atoms with Crippen molar-refractivity contribution < 1.29 is 9.59 Å². The van der Waals surface area contributed by atoms with Crippen molar-refractivity contribution in [2.45, 2.75) is 19.4 Å². The lowest BCUT2D eigenvalue weighted by Gasteiger charge is -2.14. The van der Waals surface area contributed by atoms with Crippen LogP contribution in [0.1, 0.15) is 18.5 Å². The smallest absolute Gasteiger partial charge is 0.259 e. The van der Waals surface area contributed by atoms with Crippen LogP contribution in [-0.2, 0) is 16.0 Å². The normalized spacial score (nSPS) is 11.9. The molecule has 138 valence electrons. The number of benzene rings is 2.